The Bertz CT molecular complexity index is 687. The van der Waals surface area contributed by atoms with Crippen LogP contribution >= 0.6 is 0 Å². The maximum absolute atomic E-state index is 12.2. The van der Waals surface area contributed by atoms with E-state index in [0.717, 1.165) is 11.4 Å². The van der Waals surface area contributed by atoms with Gasteiger partial charge >= 0.3 is 0 Å². The molecular formula is C15H21N3O3S. The Morgan fingerprint density at radius 2 is 2.09 bits per heavy atom. The van der Waals surface area contributed by atoms with Crippen molar-refractivity contribution in [1.82, 2.24) is 4.72 Å². The predicted molar refractivity (Wildman–Crippen MR) is 86.4 cm³/mol. The van der Waals surface area contributed by atoms with Crippen LogP contribution in [0.15, 0.2) is 24.3 Å². The number of carbonyl (C=O) groups is 1. The molecule has 1 aromatic carbocycles. The van der Waals surface area contributed by atoms with Gasteiger partial charge in [-0.1, -0.05) is 26.0 Å². The van der Waals surface area contributed by atoms with Gasteiger partial charge in [-0.05, 0) is 24.5 Å². The largest absolute Gasteiger partial charge is 0.356 e. The van der Waals surface area contributed by atoms with Crippen molar-refractivity contribution in [3.05, 3.63) is 24.3 Å². The summed E-state index contributed by atoms with van der Waals surface area (Å²) in [6.07, 6.45) is 0.498. The SMILES string of the molecule is CC(C)CS(=O)(=O)NC1CC2C(=O)Nc3ccccc3N2C1. The van der Waals surface area contributed by atoms with E-state index >= 15 is 0 Å². The van der Waals surface area contributed by atoms with Crippen LogP contribution in [0.1, 0.15) is 20.3 Å². The Kier molecular flexibility index (Phi) is 3.86. The summed E-state index contributed by atoms with van der Waals surface area (Å²) in [5.74, 6) is 0.117. The first-order valence-electron chi connectivity index (χ1n) is 7.52. The van der Waals surface area contributed by atoms with E-state index in [1.165, 1.54) is 0 Å². The maximum Gasteiger partial charge on any atom is 0.247 e. The third kappa shape index (κ3) is 2.96. The Labute approximate surface area is 130 Å². The Morgan fingerprint density at radius 1 is 1.36 bits per heavy atom. The van der Waals surface area contributed by atoms with Gasteiger partial charge in [0.15, 0.2) is 0 Å². The van der Waals surface area contributed by atoms with Crippen LogP contribution < -0.4 is 14.9 Å². The molecule has 6 nitrogen and oxygen atoms in total. The molecule has 0 aliphatic carbocycles. The summed E-state index contributed by atoms with van der Waals surface area (Å²) in [7, 11) is -3.31. The van der Waals surface area contributed by atoms with Gasteiger partial charge in [0, 0.05) is 12.6 Å². The zero-order chi connectivity index (χ0) is 15.9. The molecule has 0 aromatic heterocycles. The minimum atomic E-state index is -3.31. The third-order valence-corrected chi connectivity index (χ3v) is 5.77. The van der Waals surface area contributed by atoms with Gasteiger partial charge in [0.25, 0.3) is 0 Å². The van der Waals surface area contributed by atoms with E-state index in [1.807, 2.05) is 43.0 Å². The molecule has 1 fully saturated rings. The van der Waals surface area contributed by atoms with Crippen LogP contribution in [-0.2, 0) is 14.8 Å². The monoisotopic (exact) mass is 323 g/mol. The second kappa shape index (κ2) is 5.55. The molecule has 1 amide bonds. The highest BCUT2D eigenvalue weighted by Gasteiger charge is 2.41. The molecule has 120 valence electrons. The molecule has 2 heterocycles. The molecule has 0 saturated carbocycles. The second-order valence-electron chi connectivity index (χ2n) is 6.40. The van der Waals surface area contributed by atoms with Crippen LogP contribution in [0.25, 0.3) is 0 Å². The molecule has 2 aliphatic heterocycles. The number of benzene rings is 1. The van der Waals surface area contributed by atoms with Gasteiger partial charge in [0.05, 0.1) is 17.1 Å². The highest BCUT2D eigenvalue weighted by Crippen LogP contribution is 2.36. The van der Waals surface area contributed by atoms with Crippen molar-refractivity contribution in [3.63, 3.8) is 0 Å². The smallest absolute Gasteiger partial charge is 0.247 e. The van der Waals surface area contributed by atoms with Crippen molar-refractivity contribution in [2.75, 3.05) is 22.5 Å². The second-order valence-corrected chi connectivity index (χ2v) is 8.20. The number of amides is 1. The van der Waals surface area contributed by atoms with Gasteiger partial charge in [-0.2, -0.15) is 0 Å². The van der Waals surface area contributed by atoms with Crippen LogP contribution in [0.2, 0.25) is 0 Å². The topological polar surface area (TPSA) is 78.5 Å². The molecule has 0 radical (unpaired) electrons. The zero-order valence-corrected chi connectivity index (χ0v) is 13.6. The molecule has 7 heteroatoms. The zero-order valence-electron chi connectivity index (χ0n) is 12.7. The molecule has 2 unspecified atom stereocenters. The highest BCUT2D eigenvalue weighted by atomic mass is 32.2. The van der Waals surface area contributed by atoms with Crippen LogP contribution in [0.3, 0.4) is 0 Å². The molecule has 3 rings (SSSR count). The van der Waals surface area contributed by atoms with Crippen molar-refractivity contribution in [2.45, 2.75) is 32.4 Å². The molecule has 2 aliphatic rings. The number of fused-ring (bicyclic) bond motifs is 3. The number of nitrogens with zero attached hydrogens (tertiary/aromatic N) is 1. The predicted octanol–water partition coefficient (Wildman–Crippen LogP) is 1.16. The maximum atomic E-state index is 12.2. The first-order valence-corrected chi connectivity index (χ1v) is 9.17. The highest BCUT2D eigenvalue weighted by molar-refractivity contribution is 7.89. The fraction of sp³-hybridized carbons (Fsp3) is 0.533. The summed E-state index contributed by atoms with van der Waals surface area (Å²) in [4.78, 5) is 14.2. The summed E-state index contributed by atoms with van der Waals surface area (Å²) in [6, 6.07) is 7.07. The Morgan fingerprint density at radius 3 is 2.82 bits per heavy atom. The number of carbonyl (C=O) groups excluding carboxylic acids is 1. The Hall–Kier alpha value is -1.60. The lowest BCUT2D eigenvalue weighted by atomic mass is 10.1. The van der Waals surface area contributed by atoms with Gasteiger partial charge in [-0.3, -0.25) is 4.79 Å². The lowest BCUT2D eigenvalue weighted by Crippen LogP contribution is -2.44. The number of anilines is 2. The van der Waals surface area contributed by atoms with E-state index in [9.17, 15) is 13.2 Å². The Balaban J connectivity index is 1.78. The van der Waals surface area contributed by atoms with Crippen molar-refractivity contribution in [2.24, 2.45) is 5.92 Å². The third-order valence-electron chi connectivity index (χ3n) is 3.97. The van der Waals surface area contributed by atoms with Gasteiger partial charge < -0.3 is 10.2 Å². The van der Waals surface area contributed by atoms with Crippen molar-refractivity contribution >= 4 is 27.3 Å². The standard InChI is InChI=1S/C15H21N3O3S/c1-10(2)9-22(20,21)17-11-7-14-15(19)16-12-5-3-4-6-13(12)18(14)8-11/h3-6,10-11,14,17H,7-9H2,1-2H3,(H,16,19). The molecule has 0 bridgehead atoms. The van der Waals surface area contributed by atoms with Gasteiger partial charge in [-0.25, -0.2) is 13.1 Å². The van der Waals surface area contributed by atoms with Crippen molar-refractivity contribution < 1.29 is 13.2 Å². The van der Waals surface area contributed by atoms with E-state index in [-0.39, 0.29) is 29.7 Å². The van der Waals surface area contributed by atoms with Crippen molar-refractivity contribution in [3.8, 4) is 0 Å². The molecule has 2 N–H and O–H groups in total. The van der Waals surface area contributed by atoms with Gasteiger partial charge in [0.2, 0.25) is 15.9 Å². The average molecular weight is 323 g/mol. The molecule has 1 saturated heterocycles. The lowest BCUT2D eigenvalue weighted by Gasteiger charge is -2.32. The number of hydrogen-bond donors (Lipinski definition) is 2. The molecule has 1 aromatic rings. The fourth-order valence-corrected chi connectivity index (χ4v) is 4.88. The first kappa shape index (κ1) is 15.3. The summed E-state index contributed by atoms with van der Waals surface area (Å²) < 4.78 is 26.9. The summed E-state index contributed by atoms with van der Waals surface area (Å²) in [5, 5.41) is 2.89. The van der Waals surface area contributed by atoms with E-state index in [1.54, 1.807) is 0 Å². The summed E-state index contributed by atoms with van der Waals surface area (Å²) in [5.41, 5.74) is 1.74. The van der Waals surface area contributed by atoms with E-state index in [2.05, 4.69) is 10.0 Å². The number of sulfonamides is 1. The van der Waals surface area contributed by atoms with Gasteiger partial charge in [0.1, 0.15) is 6.04 Å². The minimum Gasteiger partial charge on any atom is -0.356 e. The van der Waals surface area contributed by atoms with Crippen LogP contribution in [-0.4, -0.2) is 38.7 Å². The summed E-state index contributed by atoms with van der Waals surface area (Å²) in [6.45, 7) is 4.27. The summed E-state index contributed by atoms with van der Waals surface area (Å²) >= 11 is 0. The fourth-order valence-electron chi connectivity index (χ4n) is 3.22. The van der Waals surface area contributed by atoms with Crippen molar-refractivity contribution in [1.29, 1.82) is 0 Å². The van der Waals surface area contributed by atoms with Crippen LogP contribution in [0, 0.1) is 5.92 Å². The minimum absolute atomic E-state index is 0.0655. The molecular weight excluding hydrogens is 302 g/mol. The number of rotatable bonds is 4. The molecule has 22 heavy (non-hydrogen) atoms. The quantitative estimate of drug-likeness (QED) is 0.871. The van der Waals surface area contributed by atoms with Gasteiger partial charge in [-0.15, -0.1) is 0 Å². The molecule has 2 atom stereocenters. The number of para-hydroxylation sites is 2. The van der Waals surface area contributed by atoms with Crippen LogP contribution in [0.4, 0.5) is 11.4 Å². The lowest BCUT2D eigenvalue weighted by molar-refractivity contribution is -0.117. The average Bonchev–Trinajstić information content (AvgIpc) is 2.80. The molecule has 0 spiro atoms. The van der Waals surface area contributed by atoms with Crippen LogP contribution in [0.5, 0.6) is 0 Å². The number of nitrogens with one attached hydrogen (secondary N) is 2. The number of hydrogen-bond acceptors (Lipinski definition) is 4. The normalized spacial score (nSPS) is 24.1. The van der Waals surface area contributed by atoms with E-state index in [0.29, 0.717) is 13.0 Å². The van der Waals surface area contributed by atoms with E-state index in [4.69, 9.17) is 0 Å². The van der Waals surface area contributed by atoms with E-state index < -0.39 is 10.0 Å². The first-order chi connectivity index (χ1) is 10.4.